The molecule has 2 heterocycles. The first-order valence-corrected chi connectivity index (χ1v) is 11.8. The van der Waals surface area contributed by atoms with E-state index in [1.54, 1.807) is 6.92 Å². The molecule has 2 aromatic carbocycles. The van der Waals surface area contributed by atoms with Crippen LogP contribution in [0.25, 0.3) is 11.1 Å². The van der Waals surface area contributed by atoms with Gasteiger partial charge in [0.05, 0.1) is 18.2 Å². The summed E-state index contributed by atoms with van der Waals surface area (Å²) in [5.74, 6) is -1.64. The van der Waals surface area contributed by atoms with Crippen LogP contribution in [0.5, 0.6) is 0 Å². The summed E-state index contributed by atoms with van der Waals surface area (Å²) in [6, 6.07) is 16.3. The van der Waals surface area contributed by atoms with Gasteiger partial charge in [-0.25, -0.2) is 9.78 Å². The third-order valence-corrected chi connectivity index (χ3v) is 7.43. The van der Waals surface area contributed by atoms with E-state index in [0.717, 1.165) is 11.1 Å². The van der Waals surface area contributed by atoms with E-state index in [1.165, 1.54) is 27.4 Å². The highest BCUT2D eigenvalue weighted by atomic mass is 32.1. The van der Waals surface area contributed by atoms with Gasteiger partial charge in [-0.05, 0) is 29.2 Å². The highest BCUT2D eigenvalue weighted by molar-refractivity contribution is 7.13. The van der Waals surface area contributed by atoms with Gasteiger partial charge < -0.3 is 20.1 Å². The molecule has 8 nitrogen and oxygen atoms in total. The number of thiazole rings is 1. The van der Waals surface area contributed by atoms with Crippen LogP contribution in [0.2, 0.25) is 0 Å². The van der Waals surface area contributed by atoms with Crippen LogP contribution >= 0.6 is 11.3 Å². The molecule has 0 radical (unpaired) electrons. The van der Waals surface area contributed by atoms with Crippen LogP contribution in [0.3, 0.4) is 0 Å². The van der Waals surface area contributed by atoms with Crippen LogP contribution < -0.4 is 5.32 Å². The molecule has 174 valence electrons. The number of alkyl carbamates (subject to hydrolysis) is 1. The van der Waals surface area contributed by atoms with Crippen molar-refractivity contribution in [1.82, 2.24) is 15.2 Å². The van der Waals surface area contributed by atoms with E-state index in [-0.39, 0.29) is 38.1 Å². The minimum Gasteiger partial charge on any atom is -0.481 e. The predicted octanol–water partition coefficient (Wildman–Crippen LogP) is 3.65. The Labute approximate surface area is 200 Å². The molecule has 1 fully saturated rings. The predicted molar refractivity (Wildman–Crippen MR) is 126 cm³/mol. The van der Waals surface area contributed by atoms with Crippen molar-refractivity contribution in [3.05, 3.63) is 75.2 Å². The van der Waals surface area contributed by atoms with E-state index >= 15 is 0 Å². The van der Waals surface area contributed by atoms with E-state index in [0.29, 0.717) is 15.6 Å². The SMILES string of the molecule is Cc1nc(CNC(=O)OCC2c3ccccc3-c3ccccc32)sc1C(=O)N1CC(C(=O)O)C1. The minimum absolute atomic E-state index is 0.0179. The zero-order valence-electron chi connectivity index (χ0n) is 18.5. The number of nitrogens with zero attached hydrogens (tertiary/aromatic N) is 2. The number of aromatic nitrogens is 1. The number of carbonyl (C=O) groups excluding carboxylic acids is 2. The van der Waals surface area contributed by atoms with Gasteiger partial charge in [-0.2, -0.15) is 0 Å². The van der Waals surface area contributed by atoms with Gasteiger partial charge in [-0.15, -0.1) is 11.3 Å². The Morgan fingerprint density at radius 1 is 1.09 bits per heavy atom. The molecule has 0 unspecified atom stereocenters. The van der Waals surface area contributed by atoms with Gasteiger partial charge in [0.15, 0.2) is 0 Å². The molecule has 5 rings (SSSR count). The lowest BCUT2D eigenvalue weighted by Gasteiger charge is -2.36. The van der Waals surface area contributed by atoms with Crippen molar-refractivity contribution in [2.45, 2.75) is 19.4 Å². The number of carbonyl (C=O) groups is 3. The van der Waals surface area contributed by atoms with Gasteiger partial charge in [0, 0.05) is 19.0 Å². The van der Waals surface area contributed by atoms with Crippen molar-refractivity contribution in [3.8, 4) is 11.1 Å². The zero-order valence-corrected chi connectivity index (χ0v) is 19.3. The summed E-state index contributed by atoms with van der Waals surface area (Å²) in [6.45, 7) is 2.51. The van der Waals surface area contributed by atoms with Crippen LogP contribution in [-0.4, -0.2) is 52.7 Å². The Morgan fingerprint density at radius 2 is 1.71 bits per heavy atom. The fourth-order valence-electron chi connectivity index (χ4n) is 4.47. The minimum atomic E-state index is -0.891. The van der Waals surface area contributed by atoms with E-state index in [2.05, 4.69) is 34.6 Å². The van der Waals surface area contributed by atoms with Crippen molar-refractivity contribution in [1.29, 1.82) is 0 Å². The van der Waals surface area contributed by atoms with Gasteiger partial charge in [0.25, 0.3) is 5.91 Å². The number of amides is 2. The Hall–Kier alpha value is -3.72. The molecule has 2 N–H and O–H groups in total. The summed E-state index contributed by atoms with van der Waals surface area (Å²) < 4.78 is 5.54. The van der Waals surface area contributed by atoms with Crippen molar-refractivity contribution in [3.63, 3.8) is 0 Å². The number of aliphatic carboxylic acids is 1. The van der Waals surface area contributed by atoms with E-state index < -0.39 is 18.0 Å². The van der Waals surface area contributed by atoms with E-state index in [9.17, 15) is 14.4 Å². The normalized spacial score (nSPS) is 14.8. The average Bonchev–Trinajstić information content (AvgIpc) is 3.32. The quantitative estimate of drug-likeness (QED) is 0.561. The number of ether oxygens (including phenoxy) is 1. The summed E-state index contributed by atoms with van der Waals surface area (Å²) in [5.41, 5.74) is 5.19. The van der Waals surface area contributed by atoms with Crippen molar-refractivity contribution < 1.29 is 24.2 Å². The molecule has 1 aromatic heterocycles. The number of rotatable bonds is 6. The van der Waals surface area contributed by atoms with Crippen LogP contribution in [0.1, 0.15) is 37.4 Å². The maximum absolute atomic E-state index is 12.6. The fourth-order valence-corrected chi connectivity index (χ4v) is 5.44. The fraction of sp³-hybridized carbons (Fsp3) is 0.280. The Kier molecular flexibility index (Phi) is 5.79. The van der Waals surface area contributed by atoms with Crippen molar-refractivity contribution in [2.75, 3.05) is 19.7 Å². The molecule has 2 aliphatic rings. The largest absolute Gasteiger partial charge is 0.481 e. The van der Waals surface area contributed by atoms with Gasteiger partial charge in [-0.1, -0.05) is 48.5 Å². The highest BCUT2D eigenvalue weighted by Gasteiger charge is 2.37. The lowest BCUT2D eigenvalue weighted by Crippen LogP contribution is -2.52. The first-order chi connectivity index (χ1) is 16.4. The number of hydrogen-bond acceptors (Lipinski definition) is 6. The number of fused-ring (bicyclic) bond motifs is 3. The first kappa shape index (κ1) is 22.1. The molecule has 34 heavy (non-hydrogen) atoms. The first-order valence-electron chi connectivity index (χ1n) is 11.0. The summed E-state index contributed by atoms with van der Waals surface area (Å²) in [6.07, 6.45) is -0.547. The Bertz CT molecular complexity index is 1240. The molecule has 0 saturated carbocycles. The standard InChI is InChI=1S/C25H23N3O5S/c1-14-22(23(29)28-11-15(12-28)24(30)31)34-21(27-14)10-26-25(32)33-13-20-18-8-4-2-6-16(18)17-7-3-5-9-19(17)20/h2-9,15,20H,10-13H2,1H3,(H,26,32)(H,30,31). The van der Waals surface area contributed by atoms with Crippen LogP contribution in [0, 0.1) is 12.8 Å². The number of aryl methyl sites for hydroxylation is 1. The average molecular weight is 478 g/mol. The number of likely N-dealkylation sites (tertiary alicyclic amines) is 1. The monoisotopic (exact) mass is 477 g/mol. The molecule has 1 aliphatic heterocycles. The van der Waals surface area contributed by atoms with Crippen molar-refractivity contribution in [2.24, 2.45) is 5.92 Å². The van der Waals surface area contributed by atoms with Gasteiger partial charge in [0.2, 0.25) is 0 Å². The zero-order chi connectivity index (χ0) is 23.8. The lowest BCUT2D eigenvalue weighted by molar-refractivity contribution is -0.146. The second kappa shape index (κ2) is 8.90. The van der Waals surface area contributed by atoms with Gasteiger partial charge in [0.1, 0.15) is 16.5 Å². The topological polar surface area (TPSA) is 109 Å². The molecule has 3 aromatic rings. The van der Waals surface area contributed by atoms with Crippen LogP contribution in [-0.2, 0) is 16.1 Å². The Morgan fingerprint density at radius 3 is 2.32 bits per heavy atom. The number of benzene rings is 2. The maximum atomic E-state index is 12.6. The molecule has 1 aliphatic carbocycles. The maximum Gasteiger partial charge on any atom is 0.407 e. The van der Waals surface area contributed by atoms with Gasteiger partial charge >= 0.3 is 12.1 Å². The molecule has 0 spiro atoms. The number of carboxylic acids is 1. The van der Waals surface area contributed by atoms with Gasteiger partial charge in [-0.3, -0.25) is 9.59 Å². The van der Waals surface area contributed by atoms with Crippen LogP contribution in [0.4, 0.5) is 4.79 Å². The summed E-state index contributed by atoms with van der Waals surface area (Å²) in [4.78, 5) is 42.3. The molecular formula is C25H23N3O5S. The molecule has 1 saturated heterocycles. The highest BCUT2D eigenvalue weighted by Crippen LogP contribution is 2.44. The molecule has 9 heteroatoms. The number of nitrogens with one attached hydrogen (secondary N) is 1. The van der Waals surface area contributed by atoms with Crippen molar-refractivity contribution >= 4 is 29.3 Å². The smallest absolute Gasteiger partial charge is 0.407 e. The summed E-state index contributed by atoms with van der Waals surface area (Å²) in [7, 11) is 0. The summed E-state index contributed by atoms with van der Waals surface area (Å²) >= 11 is 1.20. The Balaban J connectivity index is 1.17. The van der Waals surface area contributed by atoms with E-state index in [4.69, 9.17) is 9.84 Å². The number of carboxylic acid groups (broad SMARTS) is 1. The summed E-state index contributed by atoms with van der Waals surface area (Å²) in [5, 5.41) is 12.3. The second-order valence-electron chi connectivity index (χ2n) is 8.45. The molecular weight excluding hydrogens is 454 g/mol. The van der Waals surface area contributed by atoms with Crippen LogP contribution in [0.15, 0.2) is 48.5 Å². The number of hydrogen-bond donors (Lipinski definition) is 2. The lowest BCUT2D eigenvalue weighted by atomic mass is 9.98. The second-order valence-corrected chi connectivity index (χ2v) is 9.53. The third kappa shape index (κ3) is 4.03. The molecule has 0 bridgehead atoms. The molecule has 0 atom stereocenters. The third-order valence-electron chi connectivity index (χ3n) is 6.28. The molecule has 2 amide bonds. The van der Waals surface area contributed by atoms with E-state index in [1.807, 2.05) is 24.3 Å².